The number of hydrogen-bond donors (Lipinski definition) is 0. The SMILES string of the molecule is [2H]C([2H])(C#C)N1[C@H]2c3ccccc3C[C@H]2OS1(=O)=O. The molecule has 0 radical (unpaired) electrons. The van der Waals surface area contributed by atoms with Crippen LogP contribution in [0.25, 0.3) is 0 Å². The van der Waals surface area contributed by atoms with E-state index in [0.29, 0.717) is 10.7 Å². The van der Waals surface area contributed by atoms with E-state index >= 15 is 0 Å². The second kappa shape index (κ2) is 3.57. The Labute approximate surface area is 103 Å². The summed E-state index contributed by atoms with van der Waals surface area (Å²) in [6, 6.07) is 6.62. The number of rotatable bonds is 1. The third kappa shape index (κ3) is 1.49. The van der Waals surface area contributed by atoms with Crippen LogP contribution in [0, 0.1) is 12.3 Å². The van der Waals surface area contributed by atoms with Gasteiger partial charge in [-0.15, -0.1) is 6.42 Å². The zero-order valence-electron chi connectivity index (χ0n) is 10.8. The molecule has 2 aliphatic rings. The Morgan fingerprint density at radius 1 is 1.59 bits per heavy atom. The summed E-state index contributed by atoms with van der Waals surface area (Å²) in [6.07, 6.45) is 4.96. The predicted molar refractivity (Wildman–Crippen MR) is 62.2 cm³/mol. The number of hydrogen-bond acceptors (Lipinski definition) is 3. The van der Waals surface area contributed by atoms with Crippen molar-refractivity contribution < 1.29 is 15.3 Å². The maximum Gasteiger partial charge on any atom is 0.340 e. The van der Waals surface area contributed by atoms with E-state index in [9.17, 15) is 8.42 Å². The molecule has 1 aliphatic heterocycles. The maximum atomic E-state index is 12.0. The first-order valence-corrected chi connectivity index (χ1v) is 6.52. The molecule has 0 N–H and O–H groups in total. The summed E-state index contributed by atoms with van der Waals surface area (Å²) >= 11 is 0. The van der Waals surface area contributed by atoms with Crippen LogP contribution in [0.3, 0.4) is 0 Å². The van der Waals surface area contributed by atoms with Crippen LogP contribution in [0.5, 0.6) is 0 Å². The molecular formula is C12H11NO3S. The summed E-state index contributed by atoms with van der Waals surface area (Å²) in [6.45, 7) is -2.41. The minimum atomic E-state index is -4.14. The van der Waals surface area contributed by atoms with Gasteiger partial charge in [0.25, 0.3) is 0 Å². The monoisotopic (exact) mass is 251 g/mol. The standard InChI is InChI=1S/C12H11NO3S/c1-2-7-13-12-10-6-4-3-5-9(10)8-11(12)16-17(13,14)15/h1,3-6,11-12H,7-8H2/t11-,12+/m1/s1/i7D2. The fourth-order valence-corrected chi connectivity index (χ4v) is 3.70. The van der Waals surface area contributed by atoms with Crippen LogP contribution in [-0.2, 0) is 20.9 Å². The molecule has 4 nitrogen and oxygen atoms in total. The van der Waals surface area contributed by atoms with Crippen molar-refractivity contribution in [2.45, 2.75) is 18.6 Å². The lowest BCUT2D eigenvalue weighted by atomic mass is 10.1. The molecule has 0 amide bonds. The highest BCUT2D eigenvalue weighted by Gasteiger charge is 2.50. The van der Waals surface area contributed by atoms with Gasteiger partial charge in [-0.25, -0.2) is 0 Å². The molecule has 17 heavy (non-hydrogen) atoms. The Balaban J connectivity index is 2.16. The molecule has 2 atom stereocenters. The van der Waals surface area contributed by atoms with Crippen molar-refractivity contribution in [1.82, 2.24) is 4.31 Å². The van der Waals surface area contributed by atoms with E-state index in [-0.39, 0.29) is 0 Å². The van der Waals surface area contributed by atoms with Crippen molar-refractivity contribution in [3.05, 3.63) is 35.4 Å². The molecule has 1 heterocycles. The van der Waals surface area contributed by atoms with Gasteiger partial charge in [-0.2, -0.15) is 12.7 Å². The molecule has 0 spiro atoms. The van der Waals surface area contributed by atoms with E-state index in [1.165, 1.54) is 0 Å². The summed E-state index contributed by atoms with van der Waals surface area (Å²) in [5.41, 5.74) is 1.72. The number of nitrogens with zero attached hydrogens (tertiary/aromatic N) is 1. The smallest absolute Gasteiger partial charge is 0.252 e. The Bertz CT molecular complexity index is 680. The molecule has 0 saturated carbocycles. The van der Waals surface area contributed by atoms with Crippen LogP contribution in [0.1, 0.15) is 19.9 Å². The van der Waals surface area contributed by atoms with Gasteiger partial charge in [-0.1, -0.05) is 30.2 Å². The molecular weight excluding hydrogens is 238 g/mol. The molecule has 1 aliphatic carbocycles. The van der Waals surface area contributed by atoms with Gasteiger partial charge in [0.1, 0.15) is 6.10 Å². The van der Waals surface area contributed by atoms with Crippen molar-refractivity contribution in [3.63, 3.8) is 0 Å². The Morgan fingerprint density at radius 2 is 2.35 bits per heavy atom. The van der Waals surface area contributed by atoms with Crippen LogP contribution in [-0.4, -0.2) is 25.3 Å². The minimum absolute atomic E-state index is 0.442. The lowest BCUT2D eigenvalue weighted by Crippen LogP contribution is -2.28. The number of benzene rings is 1. The van der Waals surface area contributed by atoms with Crippen molar-refractivity contribution >= 4 is 10.3 Å². The third-order valence-electron chi connectivity index (χ3n) is 3.06. The fourth-order valence-electron chi connectivity index (χ4n) is 2.43. The summed E-state index contributed by atoms with van der Waals surface area (Å²) in [4.78, 5) is 0. The minimum Gasteiger partial charge on any atom is -0.252 e. The normalized spacial score (nSPS) is 32.2. The number of fused-ring (bicyclic) bond motifs is 3. The zero-order valence-corrected chi connectivity index (χ0v) is 9.65. The Hall–Kier alpha value is -1.35. The highest BCUT2D eigenvalue weighted by atomic mass is 32.2. The molecule has 3 rings (SSSR count). The Morgan fingerprint density at radius 3 is 3.12 bits per heavy atom. The lowest BCUT2D eigenvalue weighted by molar-refractivity contribution is 0.214. The van der Waals surface area contributed by atoms with E-state index in [2.05, 4.69) is 0 Å². The van der Waals surface area contributed by atoms with Crippen LogP contribution in [0.15, 0.2) is 24.3 Å². The van der Waals surface area contributed by atoms with Crippen LogP contribution >= 0.6 is 0 Å². The molecule has 1 aromatic carbocycles. The van der Waals surface area contributed by atoms with Crippen LogP contribution in [0.2, 0.25) is 0 Å². The molecule has 0 bridgehead atoms. The van der Waals surface area contributed by atoms with Gasteiger partial charge in [-0.3, -0.25) is 4.18 Å². The zero-order chi connectivity index (χ0) is 13.8. The van der Waals surface area contributed by atoms with Gasteiger partial charge in [-0.05, 0) is 11.1 Å². The van der Waals surface area contributed by atoms with Gasteiger partial charge in [0.15, 0.2) is 0 Å². The largest absolute Gasteiger partial charge is 0.340 e. The van der Waals surface area contributed by atoms with Crippen LogP contribution < -0.4 is 0 Å². The topological polar surface area (TPSA) is 46.6 Å². The first-order chi connectivity index (χ1) is 8.87. The van der Waals surface area contributed by atoms with Gasteiger partial charge < -0.3 is 0 Å². The van der Waals surface area contributed by atoms with E-state index in [4.69, 9.17) is 13.3 Å². The van der Waals surface area contributed by atoms with Crippen molar-refractivity contribution in [2.24, 2.45) is 0 Å². The predicted octanol–water partition coefficient (Wildman–Crippen LogP) is 0.863. The van der Waals surface area contributed by atoms with Gasteiger partial charge in [0, 0.05) is 6.42 Å². The average Bonchev–Trinajstić information content (AvgIpc) is 2.79. The summed E-state index contributed by atoms with van der Waals surface area (Å²) in [5.74, 6) is 1.88. The summed E-state index contributed by atoms with van der Waals surface area (Å²) < 4.78 is 45.0. The van der Waals surface area contributed by atoms with E-state index < -0.39 is 28.9 Å². The van der Waals surface area contributed by atoms with Crippen LogP contribution in [0.4, 0.5) is 0 Å². The Kier molecular flexibility index (Phi) is 1.83. The second-order valence-electron chi connectivity index (χ2n) is 3.99. The summed E-state index contributed by atoms with van der Waals surface area (Å²) in [5, 5.41) is 0. The lowest BCUT2D eigenvalue weighted by Gasteiger charge is -2.17. The quantitative estimate of drug-likeness (QED) is 0.696. The van der Waals surface area contributed by atoms with Gasteiger partial charge in [0.05, 0.1) is 15.3 Å². The fraction of sp³-hybridized carbons (Fsp3) is 0.333. The highest BCUT2D eigenvalue weighted by Crippen LogP contribution is 2.44. The third-order valence-corrected chi connectivity index (χ3v) is 4.35. The molecule has 88 valence electrons. The molecule has 0 aromatic heterocycles. The first kappa shape index (κ1) is 8.70. The van der Waals surface area contributed by atoms with E-state index in [1.807, 2.05) is 18.1 Å². The molecule has 1 fully saturated rings. The van der Waals surface area contributed by atoms with Gasteiger partial charge in [0.2, 0.25) is 0 Å². The molecule has 1 saturated heterocycles. The highest BCUT2D eigenvalue weighted by molar-refractivity contribution is 7.84. The maximum absolute atomic E-state index is 12.0. The van der Waals surface area contributed by atoms with E-state index in [1.54, 1.807) is 12.1 Å². The van der Waals surface area contributed by atoms with Crippen molar-refractivity contribution in [2.75, 3.05) is 6.50 Å². The van der Waals surface area contributed by atoms with E-state index in [0.717, 1.165) is 11.1 Å². The first-order valence-electron chi connectivity index (χ1n) is 6.15. The van der Waals surface area contributed by atoms with Crippen molar-refractivity contribution in [3.8, 4) is 12.3 Å². The average molecular weight is 251 g/mol. The molecule has 5 heteroatoms. The summed E-state index contributed by atoms with van der Waals surface area (Å²) in [7, 11) is -4.14. The second-order valence-corrected chi connectivity index (χ2v) is 5.43. The molecule has 0 unspecified atom stereocenters. The van der Waals surface area contributed by atoms with Gasteiger partial charge >= 0.3 is 10.3 Å². The number of terminal acetylenes is 1. The van der Waals surface area contributed by atoms with Crippen molar-refractivity contribution in [1.29, 1.82) is 0 Å². The molecule has 1 aromatic rings.